The Morgan fingerprint density at radius 3 is 2.52 bits per heavy atom. The zero-order valence-electron chi connectivity index (χ0n) is 17.2. The zero-order chi connectivity index (χ0) is 21.6. The lowest BCUT2D eigenvalue weighted by Crippen LogP contribution is -2.16. The number of hydrogen-bond donors (Lipinski definition) is 0. The first kappa shape index (κ1) is 20.6. The highest BCUT2D eigenvalue weighted by atomic mass is 32.1. The van der Waals surface area contributed by atoms with Gasteiger partial charge < -0.3 is 9.30 Å². The molecule has 1 amide bonds. The van der Waals surface area contributed by atoms with E-state index >= 15 is 0 Å². The van der Waals surface area contributed by atoms with Gasteiger partial charge in [-0.25, -0.2) is 0 Å². The first-order valence-corrected chi connectivity index (χ1v) is 10.9. The summed E-state index contributed by atoms with van der Waals surface area (Å²) >= 11 is 1.43. The zero-order valence-corrected chi connectivity index (χ0v) is 18.1. The molecule has 154 valence electrons. The van der Waals surface area contributed by atoms with E-state index in [9.17, 15) is 4.79 Å². The summed E-state index contributed by atoms with van der Waals surface area (Å²) < 4.78 is 8.45. The molecular weight excluding hydrogens is 404 g/mol. The van der Waals surface area contributed by atoms with Crippen molar-refractivity contribution in [3.8, 4) is 18.1 Å². The molecule has 0 bridgehead atoms. The number of ether oxygens (including phenoxy) is 1. The van der Waals surface area contributed by atoms with Crippen molar-refractivity contribution in [3.05, 3.63) is 94.3 Å². The van der Waals surface area contributed by atoms with E-state index in [1.807, 2.05) is 72.2 Å². The lowest BCUT2D eigenvalue weighted by molar-refractivity contribution is 0.0998. The van der Waals surface area contributed by atoms with Crippen LogP contribution in [0.4, 0.5) is 0 Å². The van der Waals surface area contributed by atoms with Crippen LogP contribution in [-0.2, 0) is 13.0 Å². The highest BCUT2D eigenvalue weighted by Crippen LogP contribution is 2.23. The Balaban J connectivity index is 1.63. The molecule has 0 spiro atoms. The molecule has 0 radical (unpaired) electrons. The Hall–Kier alpha value is -3.62. The molecule has 5 heteroatoms. The highest BCUT2D eigenvalue weighted by Gasteiger charge is 2.10. The van der Waals surface area contributed by atoms with Gasteiger partial charge in [-0.15, -0.1) is 6.42 Å². The third-order valence-electron chi connectivity index (χ3n) is 4.86. The highest BCUT2D eigenvalue weighted by molar-refractivity contribution is 7.16. The molecule has 4 nitrogen and oxygen atoms in total. The summed E-state index contributed by atoms with van der Waals surface area (Å²) in [5, 5.41) is 0. The number of amides is 1. The van der Waals surface area contributed by atoms with Crippen LogP contribution in [0.5, 0.6) is 5.75 Å². The first-order valence-electron chi connectivity index (χ1n) is 10.1. The first-order chi connectivity index (χ1) is 15.2. The summed E-state index contributed by atoms with van der Waals surface area (Å²) in [5.74, 6) is 3.16. The van der Waals surface area contributed by atoms with Crippen LogP contribution < -0.4 is 9.54 Å². The fourth-order valence-corrected chi connectivity index (χ4v) is 4.44. The lowest BCUT2D eigenvalue weighted by atomic mass is 10.0. The number of aromatic nitrogens is 1. The molecule has 1 aromatic heterocycles. The van der Waals surface area contributed by atoms with Gasteiger partial charge in [-0.2, -0.15) is 4.99 Å². The SMILES string of the molecule is C#CCn1c(=NC(=O)c2ccc(Cc3ccccc3)cc2)sc2cc(OCC)ccc21. The number of hydrogen-bond acceptors (Lipinski definition) is 3. The minimum atomic E-state index is -0.284. The summed E-state index contributed by atoms with van der Waals surface area (Å²) in [4.78, 5) is 17.8. The molecule has 0 saturated heterocycles. The Morgan fingerprint density at radius 2 is 1.81 bits per heavy atom. The van der Waals surface area contributed by atoms with Gasteiger partial charge in [0.1, 0.15) is 5.75 Å². The topological polar surface area (TPSA) is 43.6 Å². The summed E-state index contributed by atoms with van der Waals surface area (Å²) in [6.45, 7) is 2.88. The summed E-state index contributed by atoms with van der Waals surface area (Å²) in [5.41, 5.74) is 3.88. The summed E-state index contributed by atoms with van der Waals surface area (Å²) in [6.07, 6.45) is 6.39. The van der Waals surface area contributed by atoms with Gasteiger partial charge in [0.2, 0.25) is 0 Å². The van der Waals surface area contributed by atoms with Crippen LogP contribution >= 0.6 is 11.3 Å². The molecule has 0 fully saturated rings. The number of benzene rings is 3. The molecule has 31 heavy (non-hydrogen) atoms. The predicted octanol–water partition coefficient (Wildman–Crippen LogP) is 5.07. The molecule has 3 aromatic carbocycles. The quantitative estimate of drug-likeness (QED) is 0.404. The van der Waals surface area contributed by atoms with Crippen molar-refractivity contribution in [2.24, 2.45) is 4.99 Å². The van der Waals surface area contributed by atoms with E-state index in [0.29, 0.717) is 23.5 Å². The molecule has 0 N–H and O–H groups in total. The second-order valence-corrected chi connectivity index (χ2v) is 8.02. The number of fused-ring (bicyclic) bond motifs is 1. The van der Waals surface area contributed by atoms with Crippen molar-refractivity contribution in [3.63, 3.8) is 0 Å². The third-order valence-corrected chi connectivity index (χ3v) is 5.90. The minimum Gasteiger partial charge on any atom is -0.494 e. The fraction of sp³-hybridized carbons (Fsp3) is 0.154. The van der Waals surface area contributed by atoms with E-state index in [1.54, 1.807) is 0 Å². The van der Waals surface area contributed by atoms with Gasteiger partial charge in [0, 0.05) is 5.56 Å². The standard InChI is InChI=1S/C26H22N2O2S/c1-3-16-28-23-15-14-22(30-4-2)18-24(23)31-26(28)27-25(29)21-12-10-20(11-13-21)17-19-8-6-5-7-9-19/h1,5-15,18H,4,16-17H2,2H3. The molecular formula is C26H22N2O2S. The largest absolute Gasteiger partial charge is 0.494 e. The van der Waals surface area contributed by atoms with Gasteiger partial charge in [0.25, 0.3) is 5.91 Å². The van der Waals surface area contributed by atoms with Crippen molar-refractivity contribution >= 4 is 27.5 Å². The van der Waals surface area contributed by atoms with Crippen molar-refractivity contribution < 1.29 is 9.53 Å². The Bertz CT molecular complexity index is 1310. The summed E-state index contributed by atoms with van der Waals surface area (Å²) in [6, 6.07) is 23.7. The second kappa shape index (κ2) is 9.46. The number of carbonyl (C=O) groups is 1. The minimum absolute atomic E-state index is 0.284. The van der Waals surface area contributed by atoms with Crippen molar-refractivity contribution in [1.29, 1.82) is 0 Å². The van der Waals surface area contributed by atoms with Gasteiger partial charge in [-0.05, 0) is 54.8 Å². The van der Waals surface area contributed by atoms with Gasteiger partial charge in [0.05, 0.1) is 23.4 Å². The van der Waals surface area contributed by atoms with Gasteiger partial charge >= 0.3 is 0 Å². The van der Waals surface area contributed by atoms with Crippen LogP contribution in [0, 0.1) is 12.3 Å². The number of terminal acetylenes is 1. The number of nitrogens with zero attached hydrogens (tertiary/aromatic N) is 2. The molecule has 0 saturated carbocycles. The molecule has 0 unspecified atom stereocenters. The van der Waals surface area contributed by atoms with Gasteiger partial charge in [0.15, 0.2) is 4.80 Å². The van der Waals surface area contributed by atoms with E-state index < -0.39 is 0 Å². The molecule has 0 atom stereocenters. The Morgan fingerprint density at radius 1 is 1.06 bits per heavy atom. The molecule has 0 aliphatic carbocycles. The molecule has 4 aromatic rings. The van der Waals surface area contributed by atoms with Crippen LogP contribution in [0.2, 0.25) is 0 Å². The van der Waals surface area contributed by atoms with E-state index in [2.05, 4.69) is 23.0 Å². The van der Waals surface area contributed by atoms with Crippen molar-refractivity contribution in [2.45, 2.75) is 19.9 Å². The molecule has 4 rings (SSSR count). The van der Waals surface area contributed by atoms with Crippen molar-refractivity contribution in [1.82, 2.24) is 4.57 Å². The van der Waals surface area contributed by atoms with E-state index in [1.165, 1.54) is 16.9 Å². The van der Waals surface area contributed by atoms with Gasteiger partial charge in [-0.3, -0.25) is 4.79 Å². The maximum Gasteiger partial charge on any atom is 0.279 e. The van der Waals surface area contributed by atoms with E-state index in [-0.39, 0.29) is 5.91 Å². The molecule has 0 aliphatic heterocycles. The smallest absolute Gasteiger partial charge is 0.279 e. The second-order valence-electron chi connectivity index (χ2n) is 7.01. The normalized spacial score (nSPS) is 11.4. The average molecular weight is 427 g/mol. The Labute approximate surface area is 185 Å². The van der Waals surface area contributed by atoms with Crippen LogP contribution in [0.1, 0.15) is 28.4 Å². The maximum atomic E-state index is 12.8. The van der Waals surface area contributed by atoms with E-state index in [0.717, 1.165) is 28.0 Å². The van der Waals surface area contributed by atoms with Crippen LogP contribution in [0.15, 0.2) is 77.8 Å². The molecule has 1 heterocycles. The Kier molecular flexibility index (Phi) is 6.30. The number of thiazole rings is 1. The predicted molar refractivity (Wildman–Crippen MR) is 125 cm³/mol. The third kappa shape index (κ3) is 4.76. The van der Waals surface area contributed by atoms with E-state index in [4.69, 9.17) is 11.2 Å². The lowest BCUT2D eigenvalue weighted by Gasteiger charge is -2.04. The van der Waals surface area contributed by atoms with Gasteiger partial charge in [-0.1, -0.05) is 59.7 Å². The monoisotopic (exact) mass is 426 g/mol. The maximum absolute atomic E-state index is 12.8. The summed E-state index contributed by atoms with van der Waals surface area (Å²) in [7, 11) is 0. The average Bonchev–Trinajstić information content (AvgIpc) is 3.11. The van der Waals surface area contributed by atoms with Crippen LogP contribution in [-0.4, -0.2) is 17.1 Å². The molecule has 0 aliphatic rings. The fourth-order valence-electron chi connectivity index (χ4n) is 3.39. The number of carbonyl (C=O) groups excluding carboxylic acids is 1. The van der Waals surface area contributed by atoms with Crippen LogP contribution in [0.25, 0.3) is 10.2 Å². The van der Waals surface area contributed by atoms with Crippen molar-refractivity contribution in [2.75, 3.05) is 6.61 Å². The number of rotatable bonds is 6. The van der Waals surface area contributed by atoms with Crippen LogP contribution in [0.3, 0.4) is 0 Å².